The normalized spacial score (nSPS) is 12.2. The van der Waals surface area contributed by atoms with Crippen molar-refractivity contribution in [2.45, 2.75) is 45.1 Å². The van der Waals surface area contributed by atoms with Crippen molar-refractivity contribution in [2.75, 3.05) is 6.54 Å². The predicted molar refractivity (Wildman–Crippen MR) is 75.2 cm³/mol. The van der Waals surface area contributed by atoms with Crippen molar-refractivity contribution >= 4 is 5.91 Å². The Hall–Kier alpha value is -1.49. The summed E-state index contributed by atoms with van der Waals surface area (Å²) in [6.45, 7) is 2.46. The van der Waals surface area contributed by atoms with Crippen molar-refractivity contribution in [3.05, 3.63) is 35.4 Å². The van der Waals surface area contributed by atoms with Crippen LogP contribution in [0.5, 0.6) is 0 Å². The lowest BCUT2D eigenvalue weighted by molar-refractivity contribution is -0.121. The molecule has 3 nitrogen and oxygen atoms in total. The molecule has 1 amide bonds. The van der Waals surface area contributed by atoms with Crippen molar-refractivity contribution < 1.29 is 13.6 Å². The molecular weight excluding hydrogens is 262 g/mol. The summed E-state index contributed by atoms with van der Waals surface area (Å²) in [5, 5.41) is 2.83. The average Bonchev–Trinajstić information content (AvgIpc) is 2.44. The number of nitrogens with two attached hydrogens (primary N) is 1. The zero-order chi connectivity index (χ0) is 15.0. The topological polar surface area (TPSA) is 55.1 Å². The molecule has 0 bridgehead atoms. The van der Waals surface area contributed by atoms with Crippen LogP contribution in [-0.4, -0.2) is 18.5 Å². The van der Waals surface area contributed by atoms with E-state index in [9.17, 15) is 13.6 Å². The second-order valence-corrected chi connectivity index (χ2v) is 4.88. The van der Waals surface area contributed by atoms with Crippen molar-refractivity contribution in [3.8, 4) is 0 Å². The SMILES string of the molecule is CCCCC(CN)NC(=O)CCc1cc(F)ccc1F. The van der Waals surface area contributed by atoms with Gasteiger partial charge in [-0.3, -0.25) is 4.79 Å². The Morgan fingerprint density at radius 3 is 2.80 bits per heavy atom. The molecule has 1 aromatic rings. The van der Waals surface area contributed by atoms with Crippen LogP contribution < -0.4 is 11.1 Å². The number of nitrogens with one attached hydrogen (secondary N) is 1. The Kier molecular flexibility index (Phi) is 7.15. The van der Waals surface area contributed by atoms with Crippen LogP contribution in [0.3, 0.4) is 0 Å². The quantitative estimate of drug-likeness (QED) is 0.770. The van der Waals surface area contributed by atoms with E-state index in [4.69, 9.17) is 5.73 Å². The second kappa shape index (κ2) is 8.64. The molecule has 0 aromatic heterocycles. The van der Waals surface area contributed by atoms with Gasteiger partial charge in [-0.2, -0.15) is 0 Å². The van der Waals surface area contributed by atoms with Crippen LogP contribution >= 0.6 is 0 Å². The van der Waals surface area contributed by atoms with Crippen molar-refractivity contribution in [2.24, 2.45) is 5.73 Å². The molecule has 0 fully saturated rings. The lowest BCUT2D eigenvalue weighted by Gasteiger charge is -2.16. The van der Waals surface area contributed by atoms with Gasteiger partial charge in [-0.25, -0.2) is 8.78 Å². The molecule has 0 heterocycles. The Morgan fingerprint density at radius 1 is 1.40 bits per heavy atom. The van der Waals surface area contributed by atoms with Gasteiger partial charge < -0.3 is 11.1 Å². The van der Waals surface area contributed by atoms with Gasteiger partial charge in [0, 0.05) is 19.0 Å². The van der Waals surface area contributed by atoms with Crippen LogP contribution in [0.1, 0.15) is 38.2 Å². The Labute approximate surface area is 118 Å². The number of rotatable bonds is 8. The zero-order valence-electron chi connectivity index (χ0n) is 11.8. The molecule has 0 saturated heterocycles. The highest BCUT2D eigenvalue weighted by Gasteiger charge is 2.11. The maximum absolute atomic E-state index is 13.4. The van der Waals surface area contributed by atoms with E-state index in [0.29, 0.717) is 6.54 Å². The fourth-order valence-corrected chi connectivity index (χ4v) is 1.98. The molecule has 0 aliphatic heterocycles. The molecule has 20 heavy (non-hydrogen) atoms. The molecule has 1 aromatic carbocycles. The monoisotopic (exact) mass is 284 g/mol. The van der Waals surface area contributed by atoms with Crippen LogP contribution in [0, 0.1) is 11.6 Å². The highest BCUT2D eigenvalue weighted by atomic mass is 19.1. The summed E-state index contributed by atoms with van der Waals surface area (Å²) in [4.78, 5) is 11.8. The number of hydrogen-bond donors (Lipinski definition) is 2. The van der Waals surface area contributed by atoms with Gasteiger partial charge >= 0.3 is 0 Å². The summed E-state index contributed by atoms with van der Waals surface area (Å²) in [6.07, 6.45) is 3.19. The molecular formula is C15H22F2N2O. The number of unbranched alkanes of at least 4 members (excludes halogenated alkanes) is 1. The van der Waals surface area contributed by atoms with E-state index in [0.717, 1.165) is 37.5 Å². The van der Waals surface area contributed by atoms with E-state index < -0.39 is 11.6 Å². The van der Waals surface area contributed by atoms with Gasteiger partial charge in [-0.05, 0) is 36.6 Å². The summed E-state index contributed by atoms with van der Waals surface area (Å²) in [5.41, 5.74) is 5.81. The highest BCUT2D eigenvalue weighted by Crippen LogP contribution is 2.12. The average molecular weight is 284 g/mol. The Morgan fingerprint density at radius 2 is 2.15 bits per heavy atom. The zero-order valence-corrected chi connectivity index (χ0v) is 11.8. The molecule has 1 unspecified atom stereocenters. The second-order valence-electron chi connectivity index (χ2n) is 4.88. The third-order valence-corrected chi connectivity index (χ3v) is 3.18. The van der Waals surface area contributed by atoms with Gasteiger partial charge in [-0.15, -0.1) is 0 Å². The van der Waals surface area contributed by atoms with Crippen molar-refractivity contribution in [1.29, 1.82) is 0 Å². The lowest BCUT2D eigenvalue weighted by Crippen LogP contribution is -2.40. The molecule has 0 saturated carbocycles. The molecule has 3 N–H and O–H groups in total. The van der Waals surface area contributed by atoms with E-state index in [1.807, 2.05) is 0 Å². The summed E-state index contributed by atoms with van der Waals surface area (Å²) in [5.74, 6) is -1.16. The van der Waals surface area contributed by atoms with Gasteiger partial charge in [0.25, 0.3) is 0 Å². The fourth-order valence-electron chi connectivity index (χ4n) is 1.98. The number of aryl methyl sites for hydroxylation is 1. The molecule has 1 atom stereocenters. The summed E-state index contributed by atoms with van der Waals surface area (Å²) in [6, 6.07) is 3.22. The maximum Gasteiger partial charge on any atom is 0.220 e. The first kappa shape index (κ1) is 16.6. The molecule has 0 aliphatic rings. The van der Waals surface area contributed by atoms with Crippen LogP contribution in [0.2, 0.25) is 0 Å². The molecule has 0 spiro atoms. The molecule has 1 rings (SSSR count). The van der Waals surface area contributed by atoms with Gasteiger partial charge in [0.2, 0.25) is 5.91 Å². The number of hydrogen-bond acceptors (Lipinski definition) is 2. The maximum atomic E-state index is 13.4. The minimum absolute atomic E-state index is 0.0418. The number of amides is 1. The lowest BCUT2D eigenvalue weighted by atomic mass is 10.1. The van der Waals surface area contributed by atoms with Crippen LogP contribution in [0.4, 0.5) is 8.78 Å². The van der Waals surface area contributed by atoms with Gasteiger partial charge in [0.15, 0.2) is 0 Å². The summed E-state index contributed by atoms with van der Waals surface area (Å²) < 4.78 is 26.4. The first-order valence-corrected chi connectivity index (χ1v) is 7.00. The molecule has 0 aliphatic carbocycles. The highest BCUT2D eigenvalue weighted by molar-refractivity contribution is 5.76. The Bertz CT molecular complexity index is 438. The third kappa shape index (κ3) is 5.65. The number of benzene rings is 1. The van der Waals surface area contributed by atoms with Crippen LogP contribution in [0.25, 0.3) is 0 Å². The van der Waals surface area contributed by atoms with E-state index in [1.165, 1.54) is 0 Å². The largest absolute Gasteiger partial charge is 0.352 e. The van der Waals surface area contributed by atoms with Gasteiger partial charge in [0.1, 0.15) is 11.6 Å². The van der Waals surface area contributed by atoms with Gasteiger partial charge in [0.05, 0.1) is 0 Å². The minimum atomic E-state index is -0.496. The fraction of sp³-hybridized carbons (Fsp3) is 0.533. The molecule has 5 heteroatoms. The number of carbonyl (C=O) groups is 1. The summed E-state index contributed by atoms with van der Waals surface area (Å²) >= 11 is 0. The summed E-state index contributed by atoms with van der Waals surface area (Å²) in [7, 11) is 0. The number of halogens is 2. The van der Waals surface area contributed by atoms with Crippen molar-refractivity contribution in [3.63, 3.8) is 0 Å². The molecule has 112 valence electrons. The van der Waals surface area contributed by atoms with E-state index in [-0.39, 0.29) is 30.4 Å². The first-order valence-electron chi connectivity index (χ1n) is 7.00. The van der Waals surface area contributed by atoms with E-state index in [2.05, 4.69) is 12.2 Å². The number of carbonyl (C=O) groups excluding carboxylic acids is 1. The minimum Gasteiger partial charge on any atom is -0.352 e. The van der Waals surface area contributed by atoms with E-state index >= 15 is 0 Å². The molecule has 0 radical (unpaired) electrons. The standard InChI is InChI=1S/C15H22F2N2O/c1-2-3-4-13(10-18)19-15(20)8-5-11-9-12(16)6-7-14(11)17/h6-7,9,13H,2-5,8,10,18H2,1H3,(H,19,20). The van der Waals surface area contributed by atoms with Crippen LogP contribution in [0.15, 0.2) is 18.2 Å². The third-order valence-electron chi connectivity index (χ3n) is 3.18. The smallest absolute Gasteiger partial charge is 0.220 e. The predicted octanol–water partition coefficient (Wildman–Crippen LogP) is 2.53. The van der Waals surface area contributed by atoms with E-state index in [1.54, 1.807) is 0 Å². The first-order chi connectivity index (χ1) is 9.56. The van der Waals surface area contributed by atoms with Crippen LogP contribution in [-0.2, 0) is 11.2 Å². The van der Waals surface area contributed by atoms with Crippen molar-refractivity contribution in [1.82, 2.24) is 5.32 Å². The Balaban J connectivity index is 2.44. The van der Waals surface area contributed by atoms with Gasteiger partial charge in [-0.1, -0.05) is 19.8 Å².